The van der Waals surface area contributed by atoms with Crippen molar-refractivity contribution in [2.45, 2.75) is 45.7 Å². The molecule has 4 nitrogen and oxygen atoms in total. The highest BCUT2D eigenvalue weighted by molar-refractivity contribution is 6.31. The third kappa shape index (κ3) is 2.80. The van der Waals surface area contributed by atoms with Gasteiger partial charge in [-0.1, -0.05) is 11.6 Å². The fourth-order valence-corrected chi connectivity index (χ4v) is 2.42. The van der Waals surface area contributed by atoms with Gasteiger partial charge in [0, 0.05) is 18.8 Å². The number of piperidine rings is 1. The number of nitrogens with zero attached hydrogens (tertiary/aromatic N) is 3. The van der Waals surface area contributed by atoms with E-state index in [-0.39, 0.29) is 12.5 Å². The maximum Gasteiger partial charge on any atom is 0.244 e. The first kappa shape index (κ1) is 12.4. The summed E-state index contributed by atoms with van der Waals surface area (Å²) in [6.45, 7) is 5.11. The molecule has 1 amide bonds. The number of aryl methyl sites for hydroxylation is 1. The fourth-order valence-electron chi connectivity index (χ4n) is 2.27. The Labute approximate surface area is 107 Å². The minimum atomic E-state index is 0.136. The van der Waals surface area contributed by atoms with Crippen LogP contribution in [0.5, 0.6) is 0 Å². The van der Waals surface area contributed by atoms with Crippen molar-refractivity contribution in [3.63, 3.8) is 0 Å². The topological polar surface area (TPSA) is 38.1 Å². The lowest BCUT2D eigenvalue weighted by Crippen LogP contribution is -2.43. The van der Waals surface area contributed by atoms with Gasteiger partial charge in [-0.3, -0.25) is 9.48 Å². The smallest absolute Gasteiger partial charge is 0.244 e. The molecule has 17 heavy (non-hydrogen) atoms. The summed E-state index contributed by atoms with van der Waals surface area (Å²) < 4.78 is 1.63. The van der Waals surface area contributed by atoms with Crippen LogP contribution in [0.15, 0.2) is 6.20 Å². The summed E-state index contributed by atoms with van der Waals surface area (Å²) in [4.78, 5) is 14.1. The molecule has 0 radical (unpaired) electrons. The van der Waals surface area contributed by atoms with E-state index in [1.807, 2.05) is 11.8 Å². The van der Waals surface area contributed by atoms with E-state index in [2.05, 4.69) is 12.0 Å². The van der Waals surface area contributed by atoms with Gasteiger partial charge in [0.05, 0.1) is 10.7 Å². The summed E-state index contributed by atoms with van der Waals surface area (Å²) in [6.07, 6.45) is 5.14. The van der Waals surface area contributed by atoms with Gasteiger partial charge >= 0.3 is 0 Å². The summed E-state index contributed by atoms with van der Waals surface area (Å²) in [5.41, 5.74) is 0.770. The molecule has 0 aliphatic carbocycles. The largest absolute Gasteiger partial charge is 0.338 e. The highest BCUT2D eigenvalue weighted by Gasteiger charge is 2.23. The van der Waals surface area contributed by atoms with E-state index in [0.29, 0.717) is 11.1 Å². The van der Waals surface area contributed by atoms with Crippen LogP contribution in [0, 0.1) is 6.92 Å². The van der Waals surface area contributed by atoms with Crippen LogP contribution in [-0.4, -0.2) is 33.2 Å². The first-order valence-corrected chi connectivity index (χ1v) is 6.44. The normalized spacial score (nSPS) is 20.6. The van der Waals surface area contributed by atoms with Crippen LogP contribution < -0.4 is 0 Å². The average Bonchev–Trinajstić information content (AvgIpc) is 2.58. The molecule has 0 saturated carbocycles. The molecule has 0 N–H and O–H groups in total. The Hall–Kier alpha value is -1.03. The Morgan fingerprint density at radius 2 is 2.35 bits per heavy atom. The van der Waals surface area contributed by atoms with Gasteiger partial charge in [-0.25, -0.2) is 0 Å². The molecule has 0 bridgehead atoms. The van der Waals surface area contributed by atoms with Gasteiger partial charge in [0.1, 0.15) is 6.54 Å². The predicted octanol–water partition coefficient (Wildman–Crippen LogP) is 2.25. The molecule has 1 fully saturated rings. The van der Waals surface area contributed by atoms with Crippen LogP contribution in [0.1, 0.15) is 31.9 Å². The highest BCUT2D eigenvalue weighted by Crippen LogP contribution is 2.17. The number of carbonyl (C=O) groups excluding carboxylic acids is 1. The second kappa shape index (κ2) is 5.08. The van der Waals surface area contributed by atoms with Gasteiger partial charge in [0.15, 0.2) is 0 Å². The van der Waals surface area contributed by atoms with Gasteiger partial charge in [0.2, 0.25) is 5.91 Å². The Kier molecular flexibility index (Phi) is 3.72. The summed E-state index contributed by atoms with van der Waals surface area (Å²) >= 11 is 5.92. The number of rotatable bonds is 2. The lowest BCUT2D eigenvalue weighted by atomic mass is 10.0. The van der Waals surface area contributed by atoms with Crippen LogP contribution in [0.25, 0.3) is 0 Å². The van der Waals surface area contributed by atoms with Gasteiger partial charge in [-0.2, -0.15) is 5.10 Å². The standard InChI is InChI=1S/C12H18ClN3O/c1-9-5-3-4-6-16(9)12(17)8-15-7-11(13)10(2)14-15/h7,9H,3-6,8H2,1-2H3. The summed E-state index contributed by atoms with van der Waals surface area (Å²) in [7, 11) is 0. The van der Waals surface area contributed by atoms with Crippen LogP contribution >= 0.6 is 11.6 Å². The van der Waals surface area contributed by atoms with Crippen LogP contribution in [0.2, 0.25) is 5.02 Å². The van der Waals surface area contributed by atoms with Crippen molar-refractivity contribution in [3.05, 3.63) is 16.9 Å². The van der Waals surface area contributed by atoms with Crippen molar-refractivity contribution in [2.24, 2.45) is 0 Å². The summed E-state index contributed by atoms with van der Waals surface area (Å²) in [5, 5.41) is 4.82. The first-order valence-electron chi connectivity index (χ1n) is 6.07. The number of amides is 1. The second-order valence-corrected chi connectivity index (χ2v) is 5.10. The monoisotopic (exact) mass is 255 g/mol. The maximum absolute atomic E-state index is 12.1. The van der Waals surface area contributed by atoms with Crippen molar-refractivity contribution in [3.8, 4) is 0 Å². The quantitative estimate of drug-likeness (QED) is 0.813. The molecule has 1 aliphatic rings. The first-order chi connectivity index (χ1) is 8.08. The third-order valence-corrected chi connectivity index (χ3v) is 3.68. The van der Waals surface area contributed by atoms with E-state index >= 15 is 0 Å². The Bertz CT molecular complexity index is 396. The van der Waals surface area contributed by atoms with Crippen molar-refractivity contribution < 1.29 is 4.79 Å². The van der Waals surface area contributed by atoms with E-state index in [1.54, 1.807) is 10.9 Å². The van der Waals surface area contributed by atoms with Crippen LogP contribution in [0.4, 0.5) is 0 Å². The lowest BCUT2D eigenvalue weighted by Gasteiger charge is -2.33. The summed E-state index contributed by atoms with van der Waals surface area (Å²) in [5.74, 6) is 0.136. The highest BCUT2D eigenvalue weighted by atomic mass is 35.5. The molecular weight excluding hydrogens is 238 g/mol. The van der Waals surface area contributed by atoms with E-state index in [4.69, 9.17) is 11.6 Å². The third-order valence-electron chi connectivity index (χ3n) is 3.31. The molecule has 0 aromatic carbocycles. The maximum atomic E-state index is 12.1. The van der Waals surface area contributed by atoms with Gasteiger partial charge in [-0.05, 0) is 33.1 Å². The Morgan fingerprint density at radius 1 is 1.59 bits per heavy atom. The van der Waals surface area contributed by atoms with Gasteiger partial charge < -0.3 is 4.90 Å². The molecule has 2 heterocycles. The number of carbonyl (C=O) groups is 1. The zero-order valence-corrected chi connectivity index (χ0v) is 11.1. The zero-order valence-electron chi connectivity index (χ0n) is 10.3. The van der Waals surface area contributed by atoms with E-state index < -0.39 is 0 Å². The molecule has 94 valence electrons. The molecule has 5 heteroatoms. The van der Waals surface area contributed by atoms with Crippen molar-refractivity contribution in [2.75, 3.05) is 6.54 Å². The SMILES string of the molecule is Cc1nn(CC(=O)N2CCCCC2C)cc1Cl. The van der Waals surface area contributed by atoms with Crippen molar-refractivity contribution >= 4 is 17.5 Å². The lowest BCUT2D eigenvalue weighted by molar-refractivity contribution is -0.135. The van der Waals surface area contributed by atoms with E-state index in [9.17, 15) is 4.79 Å². The Balaban J connectivity index is 2.00. The number of halogens is 1. The fraction of sp³-hybridized carbons (Fsp3) is 0.667. The molecule has 1 aliphatic heterocycles. The zero-order chi connectivity index (χ0) is 12.4. The number of aromatic nitrogens is 2. The van der Waals surface area contributed by atoms with Crippen LogP contribution in [-0.2, 0) is 11.3 Å². The average molecular weight is 256 g/mol. The number of hydrogen-bond acceptors (Lipinski definition) is 2. The molecule has 1 aromatic rings. The number of likely N-dealkylation sites (tertiary alicyclic amines) is 1. The Morgan fingerprint density at radius 3 is 2.94 bits per heavy atom. The van der Waals surface area contributed by atoms with Gasteiger partial charge in [-0.15, -0.1) is 0 Å². The molecule has 1 unspecified atom stereocenters. The number of hydrogen-bond donors (Lipinski definition) is 0. The molecule has 1 aromatic heterocycles. The molecule has 1 saturated heterocycles. The minimum absolute atomic E-state index is 0.136. The van der Waals surface area contributed by atoms with Gasteiger partial charge in [0.25, 0.3) is 0 Å². The molecular formula is C12H18ClN3O. The van der Waals surface area contributed by atoms with Crippen molar-refractivity contribution in [1.82, 2.24) is 14.7 Å². The van der Waals surface area contributed by atoms with E-state index in [1.165, 1.54) is 6.42 Å². The molecule has 0 spiro atoms. The predicted molar refractivity (Wildman–Crippen MR) is 67.0 cm³/mol. The summed E-state index contributed by atoms with van der Waals surface area (Å²) in [6, 6.07) is 0.350. The minimum Gasteiger partial charge on any atom is -0.338 e. The van der Waals surface area contributed by atoms with Crippen LogP contribution in [0.3, 0.4) is 0 Å². The second-order valence-electron chi connectivity index (χ2n) is 4.69. The van der Waals surface area contributed by atoms with Crippen molar-refractivity contribution in [1.29, 1.82) is 0 Å². The van der Waals surface area contributed by atoms with E-state index in [0.717, 1.165) is 25.1 Å². The molecule has 1 atom stereocenters. The molecule has 2 rings (SSSR count).